The Balaban J connectivity index is 1.56. The van der Waals surface area contributed by atoms with Crippen LogP contribution in [0.25, 0.3) is 11.3 Å². The normalized spacial score (nSPS) is 24.8. The van der Waals surface area contributed by atoms with Crippen molar-refractivity contribution in [2.75, 3.05) is 31.6 Å². The third kappa shape index (κ3) is 2.10. The van der Waals surface area contributed by atoms with Crippen LogP contribution in [0.3, 0.4) is 0 Å². The van der Waals surface area contributed by atoms with E-state index in [1.807, 2.05) is 6.07 Å². The molecule has 2 aromatic rings. The molecule has 2 aliphatic rings. The largest absolute Gasteiger partial charge is 0.353 e. The van der Waals surface area contributed by atoms with E-state index in [0.717, 1.165) is 36.1 Å². The molecule has 0 bridgehead atoms. The van der Waals surface area contributed by atoms with Gasteiger partial charge < -0.3 is 9.80 Å². The Labute approximate surface area is 125 Å². The number of likely N-dealkylation sites (tertiary alicyclic amines) is 1. The lowest BCUT2D eigenvalue weighted by atomic mass is 9.93. The number of benzene rings is 1. The number of hydrogen-bond donors (Lipinski definition) is 0. The number of nitrogens with zero attached hydrogens (tertiary/aromatic N) is 4. The topological polar surface area (TPSA) is 32.3 Å². The van der Waals surface area contributed by atoms with Crippen LogP contribution in [0.4, 0.5) is 5.82 Å². The molecule has 0 amide bonds. The first-order valence-corrected chi connectivity index (χ1v) is 7.57. The Morgan fingerprint density at radius 3 is 2.52 bits per heavy atom. The third-order valence-electron chi connectivity index (χ3n) is 4.89. The molecule has 0 spiro atoms. The number of aromatic nitrogens is 2. The van der Waals surface area contributed by atoms with Gasteiger partial charge in [-0.15, -0.1) is 10.2 Å². The van der Waals surface area contributed by atoms with Crippen LogP contribution in [0.1, 0.15) is 5.56 Å². The predicted molar refractivity (Wildman–Crippen MR) is 84.3 cm³/mol. The lowest BCUT2D eigenvalue weighted by molar-refractivity contribution is 0.0827. The molecule has 4 heteroatoms. The number of anilines is 1. The Hall–Kier alpha value is -1.94. The van der Waals surface area contributed by atoms with Crippen molar-refractivity contribution in [3.63, 3.8) is 0 Å². The standard InChI is InChI=1S/C17H20N4/c1-12-5-3-4-6-14(12)15-7-8-17(19-18-15)21-10-13-9-20(2)16(13)11-21/h3-8,13,16H,9-11H2,1-2H3. The highest BCUT2D eigenvalue weighted by atomic mass is 15.3. The fraction of sp³-hybridized carbons (Fsp3) is 0.412. The van der Waals surface area contributed by atoms with Crippen molar-refractivity contribution < 1.29 is 0 Å². The first-order chi connectivity index (χ1) is 10.2. The minimum atomic E-state index is 0.711. The highest BCUT2D eigenvalue weighted by molar-refractivity contribution is 5.63. The van der Waals surface area contributed by atoms with Crippen molar-refractivity contribution in [1.82, 2.24) is 15.1 Å². The van der Waals surface area contributed by atoms with Crippen LogP contribution in [0, 0.1) is 12.8 Å². The summed E-state index contributed by atoms with van der Waals surface area (Å²) < 4.78 is 0. The fourth-order valence-electron chi connectivity index (χ4n) is 3.59. The Kier molecular flexibility index (Phi) is 2.93. The second-order valence-corrected chi connectivity index (χ2v) is 6.26. The molecule has 0 N–H and O–H groups in total. The van der Waals surface area contributed by atoms with E-state index in [-0.39, 0.29) is 0 Å². The molecule has 108 valence electrons. The van der Waals surface area contributed by atoms with Gasteiger partial charge >= 0.3 is 0 Å². The van der Waals surface area contributed by atoms with E-state index in [0.29, 0.717) is 6.04 Å². The quantitative estimate of drug-likeness (QED) is 0.844. The second kappa shape index (κ2) is 4.81. The smallest absolute Gasteiger partial charge is 0.151 e. The monoisotopic (exact) mass is 280 g/mol. The zero-order chi connectivity index (χ0) is 14.4. The van der Waals surface area contributed by atoms with Gasteiger partial charge in [-0.3, -0.25) is 0 Å². The predicted octanol–water partition coefficient (Wildman–Crippen LogP) is 2.20. The van der Waals surface area contributed by atoms with Gasteiger partial charge in [-0.25, -0.2) is 0 Å². The Morgan fingerprint density at radius 2 is 1.86 bits per heavy atom. The van der Waals surface area contributed by atoms with Crippen molar-refractivity contribution in [2.45, 2.75) is 13.0 Å². The molecule has 2 fully saturated rings. The maximum atomic E-state index is 4.46. The zero-order valence-electron chi connectivity index (χ0n) is 12.5. The molecule has 1 aromatic heterocycles. The maximum Gasteiger partial charge on any atom is 0.151 e. The van der Waals surface area contributed by atoms with Crippen LogP contribution in [-0.4, -0.2) is 47.8 Å². The van der Waals surface area contributed by atoms with E-state index in [1.165, 1.54) is 12.1 Å². The minimum Gasteiger partial charge on any atom is -0.353 e. The molecule has 2 unspecified atom stereocenters. The summed E-state index contributed by atoms with van der Waals surface area (Å²) in [5.74, 6) is 1.82. The molecule has 4 nitrogen and oxygen atoms in total. The van der Waals surface area contributed by atoms with Crippen molar-refractivity contribution in [1.29, 1.82) is 0 Å². The van der Waals surface area contributed by atoms with Crippen molar-refractivity contribution in [3.05, 3.63) is 42.0 Å². The fourth-order valence-corrected chi connectivity index (χ4v) is 3.59. The number of rotatable bonds is 2. The molecular weight excluding hydrogens is 260 g/mol. The van der Waals surface area contributed by atoms with Crippen molar-refractivity contribution in [2.24, 2.45) is 5.92 Å². The molecule has 2 aliphatic heterocycles. The van der Waals surface area contributed by atoms with Crippen molar-refractivity contribution >= 4 is 5.82 Å². The van der Waals surface area contributed by atoms with Gasteiger partial charge in [-0.05, 0) is 31.7 Å². The molecule has 0 saturated carbocycles. The molecule has 4 rings (SSSR count). The molecule has 1 aromatic carbocycles. The number of aryl methyl sites for hydroxylation is 1. The lowest BCUT2D eigenvalue weighted by Crippen LogP contribution is -2.52. The summed E-state index contributed by atoms with van der Waals surface area (Å²) in [6, 6.07) is 13.2. The van der Waals surface area contributed by atoms with Gasteiger partial charge in [-0.2, -0.15) is 0 Å². The molecule has 0 radical (unpaired) electrons. The maximum absolute atomic E-state index is 4.46. The average Bonchev–Trinajstić information content (AvgIpc) is 2.85. The number of hydrogen-bond acceptors (Lipinski definition) is 4. The van der Waals surface area contributed by atoms with Gasteiger partial charge in [0.1, 0.15) is 0 Å². The summed E-state index contributed by atoms with van der Waals surface area (Å²) in [4.78, 5) is 4.80. The summed E-state index contributed by atoms with van der Waals surface area (Å²) in [5.41, 5.74) is 3.36. The SMILES string of the molecule is Cc1ccccc1-c1ccc(N2CC3CN(C)C3C2)nn1. The van der Waals surface area contributed by atoms with E-state index < -0.39 is 0 Å². The number of likely N-dealkylation sites (N-methyl/N-ethyl adjacent to an activating group) is 1. The molecule has 3 heterocycles. The van der Waals surface area contributed by atoms with Crippen LogP contribution >= 0.6 is 0 Å². The van der Waals surface area contributed by atoms with Crippen LogP contribution < -0.4 is 4.90 Å². The van der Waals surface area contributed by atoms with Gasteiger partial charge in [0.05, 0.1) is 5.69 Å². The summed E-state index contributed by atoms with van der Waals surface area (Å²) in [5, 5.41) is 8.90. The van der Waals surface area contributed by atoms with Crippen LogP contribution in [0.2, 0.25) is 0 Å². The van der Waals surface area contributed by atoms with E-state index in [4.69, 9.17) is 0 Å². The third-order valence-corrected chi connectivity index (χ3v) is 4.89. The number of fused-ring (bicyclic) bond motifs is 1. The second-order valence-electron chi connectivity index (χ2n) is 6.26. The van der Waals surface area contributed by atoms with Gasteiger partial charge in [0.15, 0.2) is 5.82 Å². The highest BCUT2D eigenvalue weighted by Crippen LogP contribution is 2.33. The first-order valence-electron chi connectivity index (χ1n) is 7.57. The van der Waals surface area contributed by atoms with Gasteiger partial charge in [0.2, 0.25) is 0 Å². The minimum absolute atomic E-state index is 0.711. The molecule has 2 atom stereocenters. The van der Waals surface area contributed by atoms with Crippen molar-refractivity contribution in [3.8, 4) is 11.3 Å². The Bertz CT molecular complexity index is 652. The first kappa shape index (κ1) is 12.8. The summed E-state index contributed by atoms with van der Waals surface area (Å²) >= 11 is 0. The van der Waals surface area contributed by atoms with Crippen LogP contribution in [0.5, 0.6) is 0 Å². The van der Waals surface area contributed by atoms with Gasteiger partial charge in [0, 0.05) is 37.2 Å². The molecule has 0 aliphatic carbocycles. The molecule has 2 saturated heterocycles. The highest BCUT2D eigenvalue weighted by Gasteiger charge is 2.43. The summed E-state index contributed by atoms with van der Waals surface area (Å²) in [7, 11) is 2.21. The van der Waals surface area contributed by atoms with E-state index in [1.54, 1.807) is 0 Å². The van der Waals surface area contributed by atoms with Crippen LogP contribution in [0.15, 0.2) is 36.4 Å². The molecular formula is C17H20N4. The van der Waals surface area contributed by atoms with Gasteiger partial charge in [-0.1, -0.05) is 24.3 Å². The van der Waals surface area contributed by atoms with E-state index in [2.05, 4.69) is 64.3 Å². The van der Waals surface area contributed by atoms with Gasteiger partial charge in [0.25, 0.3) is 0 Å². The summed E-state index contributed by atoms with van der Waals surface area (Å²) in [6.45, 7) is 5.53. The average molecular weight is 280 g/mol. The van der Waals surface area contributed by atoms with E-state index in [9.17, 15) is 0 Å². The Morgan fingerprint density at radius 1 is 1.00 bits per heavy atom. The van der Waals surface area contributed by atoms with Crippen LogP contribution in [-0.2, 0) is 0 Å². The lowest BCUT2D eigenvalue weighted by Gasteiger charge is -2.40. The molecule has 21 heavy (non-hydrogen) atoms. The van der Waals surface area contributed by atoms with E-state index >= 15 is 0 Å². The zero-order valence-corrected chi connectivity index (χ0v) is 12.5. The summed E-state index contributed by atoms with van der Waals surface area (Å²) in [6.07, 6.45) is 0.